The molecule has 0 saturated carbocycles. The number of benzene rings is 1. The molecule has 4 N–H and O–H groups in total. The summed E-state index contributed by atoms with van der Waals surface area (Å²) in [5.41, 5.74) is 16.2. The van der Waals surface area contributed by atoms with Crippen LogP contribution in [0.15, 0.2) is 42.6 Å². The molecule has 1 aromatic carbocycles. The normalized spacial score (nSPS) is 14.0. The first kappa shape index (κ1) is 14.7. The summed E-state index contributed by atoms with van der Waals surface area (Å²) in [6, 6.07) is 13.0. The standard InChI is InChI=1S/C17H23N3/c1-12(18)9-14-3-6-16(7-4-14)17-8-5-15(11-20-17)10-13(2)19/h3-8,11-13H,9-10,18-19H2,1-2H3. The minimum Gasteiger partial charge on any atom is -0.328 e. The summed E-state index contributed by atoms with van der Waals surface area (Å²) < 4.78 is 0. The van der Waals surface area contributed by atoms with E-state index in [0.717, 1.165) is 24.1 Å². The highest BCUT2D eigenvalue weighted by atomic mass is 14.7. The van der Waals surface area contributed by atoms with Gasteiger partial charge < -0.3 is 11.5 Å². The molecule has 0 aliphatic rings. The van der Waals surface area contributed by atoms with Crippen molar-refractivity contribution in [2.24, 2.45) is 11.5 Å². The topological polar surface area (TPSA) is 64.9 Å². The lowest BCUT2D eigenvalue weighted by molar-refractivity contribution is 0.735. The van der Waals surface area contributed by atoms with E-state index in [4.69, 9.17) is 11.5 Å². The van der Waals surface area contributed by atoms with Crippen LogP contribution in [0.4, 0.5) is 0 Å². The summed E-state index contributed by atoms with van der Waals surface area (Å²) in [7, 11) is 0. The van der Waals surface area contributed by atoms with Crippen LogP contribution in [0.1, 0.15) is 25.0 Å². The first-order valence-corrected chi connectivity index (χ1v) is 7.10. The maximum absolute atomic E-state index is 5.81. The predicted molar refractivity (Wildman–Crippen MR) is 84.4 cm³/mol. The van der Waals surface area contributed by atoms with Gasteiger partial charge in [-0.15, -0.1) is 0 Å². The second-order valence-corrected chi connectivity index (χ2v) is 5.61. The molecule has 3 heteroatoms. The average Bonchev–Trinajstić information content (AvgIpc) is 2.39. The van der Waals surface area contributed by atoms with Gasteiger partial charge in [0.15, 0.2) is 0 Å². The van der Waals surface area contributed by atoms with Crippen LogP contribution in [-0.2, 0) is 12.8 Å². The van der Waals surface area contributed by atoms with Crippen LogP contribution < -0.4 is 11.5 Å². The van der Waals surface area contributed by atoms with E-state index in [1.165, 1.54) is 11.1 Å². The van der Waals surface area contributed by atoms with E-state index in [-0.39, 0.29) is 12.1 Å². The van der Waals surface area contributed by atoms with Gasteiger partial charge in [-0.1, -0.05) is 30.3 Å². The van der Waals surface area contributed by atoms with Crippen LogP contribution in [0.3, 0.4) is 0 Å². The molecule has 3 nitrogen and oxygen atoms in total. The summed E-state index contributed by atoms with van der Waals surface area (Å²) in [5.74, 6) is 0. The monoisotopic (exact) mass is 269 g/mol. The van der Waals surface area contributed by atoms with Crippen LogP contribution in [0.5, 0.6) is 0 Å². The zero-order valence-corrected chi connectivity index (χ0v) is 12.2. The molecule has 106 valence electrons. The van der Waals surface area contributed by atoms with Gasteiger partial charge in [0.2, 0.25) is 0 Å². The number of nitrogens with zero attached hydrogens (tertiary/aromatic N) is 1. The van der Waals surface area contributed by atoms with E-state index in [1.807, 2.05) is 20.0 Å². The molecule has 2 atom stereocenters. The molecule has 0 fully saturated rings. The smallest absolute Gasteiger partial charge is 0.0702 e. The van der Waals surface area contributed by atoms with Gasteiger partial charge in [-0.25, -0.2) is 0 Å². The Hall–Kier alpha value is -1.71. The molecule has 2 aromatic rings. The van der Waals surface area contributed by atoms with Crippen LogP contribution in [0, 0.1) is 0 Å². The van der Waals surface area contributed by atoms with Crippen molar-refractivity contribution in [2.75, 3.05) is 0 Å². The SMILES string of the molecule is CC(N)Cc1ccc(-c2ccc(CC(C)N)cn2)cc1. The van der Waals surface area contributed by atoms with E-state index in [9.17, 15) is 0 Å². The van der Waals surface area contributed by atoms with Crippen molar-refractivity contribution in [3.8, 4) is 11.3 Å². The first-order valence-electron chi connectivity index (χ1n) is 7.10. The molecule has 0 radical (unpaired) electrons. The number of hydrogen-bond donors (Lipinski definition) is 2. The first-order chi connectivity index (χ1) is 9.54. The molecule has 0 aliphatic carbocycles. The van der Waals surface area contributed by atoms with Gasteiger partial charge >= 0.3 is 0 Å². The zero-order valence-electron chi connectivity index (χ0n) is 12.2. The molecule has 1 aromatic heterocycles. The molecule has 0 bridgehead atoms. The summed E-state index contributed by atoms with van der Waals surface area (Å²) in [4.78, 5) is 4.51. The predicted octanol–water partition coefficient (Wildman–Crippen LogP) is 2.53. The molecule has 2 rings (SSSR count). The fourth-order valence-electron chi connectivity index (χ4n) is 2.27. The Balaban J connectivity index is 2.11. The second kappa shape index (κ2) is 6.64. The Kier molecular flexibility index (Phi) is 4.88. The summed E-state index contributed by atoms with van der Waals surface area (Å²) in [6.07, 6.45) is 3.68. The third kappa shape index (κ3) is 4.15. The van der Waals surface area contributed by atoms with E-state index >= 15 is 0 Å². The Morgan fingerprint density at radius 2 is 1.40 bits per heavy atom. The van der Waals surface area contributed by atoms with Crippen molar-refractivity contribution in [3.05, 3.63) is 53.7 Å². The van der Waals surface area contributed by atoms with E-state index in [0.29, 0.717) is 0 Å². The minimum atomic E-state index is 0.167. The number of aromatic nitrogens is 1. The van der Waals surface area contributed by atoms with Crippen molar-refractivity contribution < 1.29 is 0 Å². The third-order valence-electron chi connectivity index (χ3n) is 3.19. The van der Waals surface area contributed by atoms with Gasteiger partial charge in [0.05, 0.1) is 5.69 Å². The zero-order chi connectivity index (χ0) is 14.5. The Bertz CT molecular complexity index is 476. The van der Waals surface area contributed by atoms with Crippen LogP contribution >= 0.6 is 0 Å². The molecule has 1 heterocycles. The summed E-state index contributed by atoms with van der Waals surface area (Å²) in [6.45, 7) is 4.03. The van der Waals surface area contributed by atoms with Crippen LogP contribution in [-0.4, -0.2) is 17.1 Å². The van der Waals surface area contributed by atoms with E-state index in [2.05, 4.69) is 41.4 Å². The molecule has 0 spiro atoms. The largest absolute Gasteiger partial charge is 0.328 e. The second-order valence-electron chi connectivity index (χ2n) is 5.61. The maximum Gasteiger partial charge on any atom is 0.0702 e. The fraction of sp³-hybridized carbons (Fsp3) is 0.353. The average molecular weight is 269 g/mol. The quantitative estimate of drug-likeness (QED) is 0.876. The fourth-order valence-corrected chi connectivity index (χ4v) is 2.27. The van der Waals surface area contributed by atoms with Crippen molar-refractivity contribution in [1.29, 1.82) is 0 Å². The number of rotatable bonds is 5. The Morgan fingerprint density at radius 3 is 1.90 bits per heavy atom. The molecule has 20 heavy (non-hydrogen) atoms. The minimum absolute atomic E-state index is 0.167. The van der Waals surface area contributed by atoms with E-state index < -0.39 is 0 Å². The van der Waals surface area contributed by atoms with Gasteiger partial charge in [0, 0.05) is 23.8 Å². The van der Waals surface area contributed by atoms with Gasteiger partial charge in [0.25, 0.3) is 0 Å². The Labute approximate surface area is 121 Å². The van der Waals surface area contributed by atoms with Gasteiger partial charge in [-0.3, -0.25) is 4.98 Å². The summed E-state index contributed by atoms with van der Waals surface area (Å²) in [5, 5.41) is 0. The van der Waals surface area contributed by atoms with Gasteiger partial charge in [0.1, 0.15) is 0 Å². The highest BCUT2D eigenvalue weighted by Crippen LogP contribution is 2.18. The van der Waals surface area contributed by atoms with Crippen molar-refractivity contribution >= 4 is 0 Å². The number of nitrogens with two attached hydrogens (primary N) is 2. The highest BCUT2D eigenvalue weighted by molar-refractivity contribution is 5.59. The lowest BCUT2D eigenvalue weighted by Gasteiger charge is -2.08. The molecule has 0 aliphatic heterocycles. The van der Waals surface area contributed by atoms with Gasteiger partial charge in [-0.05, 0) is 43.9 Å². The third-order valence-corrected chi connectivity index (χ3v) is 3.19. The van der Waals surface area contributed by atoms with Crippen molar-refractivity contribution in [1.82, 2.24) is 4.98 Å². The van der Waals surface area contributed by atoms with Crippen LogP contribution in [0.2, 0.25) is 0 Å². The Morgan fingerprint density at radius 1 is 0.850 bits per heavy atom. The molecular formula is C17H23N3. The van der Waals surface area contributed by atoms with Gasteiger partial charge in [-0.2, -0.15) is 0 Å². The molecule has 0 amide bonds. The lowest BCUT2D eigenvalue weighted by Crippen LogP contribution is -2.17. The highest BCUT2D eigenvalue weighted by Gasteiger charge is 2.03. The summed E-state index contributed by atoms with van der Waals surface area (Å²) >= 11 is 0. The van der Waals surface area contributed by atoms with Crippen molar-refractivity contribution in [3.63, 3.8) is 0 Å². The molecule has 2 unspecified atom stereocenters. The van der Waals surface area contributed by atoms with Crippen molar-refractivity contribution in [2.45, 2.75) is 38.8 Å². The lowest BCUT2D eigenvalue weighted by atomic mass is 10.0. The molecular weight excluding hydrogens is 246 g/mol. The number of pyridine rings is 1. The maximum atomic E-state index is 5.81. The number of hydrogen-bond acceptors (Lipinski definition) is 3. The van der Waals surface area contributed by atoms with Crippen LogP contribution in [0.25, 0.3) is 11.3 Å². The molecule has 0 saturated heterocycles. The van der Waals surface area contributed by atoms with E-state index in [1.54, 1.807) is 0 Å².